The van der Waals surface area contributed by atoms with Crippen LogP contribution in [0.1, 0.15) is 55.6 Å². The average Bonchev–Trinajstić information content (AvgIpc) is 3.45. The first-order valence-corrected chi connectivity index (χ1v) is 9.79. The Bertz CT molecular complexity index is 905. The Morgan fingerprint density at radius 3 is 2.59 bits per heavy atom. The molecule has 5 rings (SSSR count). The van der Waals surface area contributed by atoms with E-state index in [-0.39, 0.29) is 16.7 Å². The number of furan rings is 1. The van der Waals surface area contributed by atoms with Gasteiger partial charge in [0.05, 0.1) is 12.5 Å². The standard InChI is InChI=1S/C22H24O5/c23-18-11-17(14-21(7-8-21)13-16-3-1-9-25-16)27-20(24)19(18)22(6-2-10-26-22)12-15-4-5-15/h1-3,9-11,15,23H,4-8,12-14H2. The fraction of sp³-hybridized carbons (Fsp3) is 0.500. The van der Waals surface area contributed by atoms with Crippen LogP contribution in [0.25, 0.3) is 0 Å². The zero-order chi connectivity index (χ0) is 18.5. The van der Waals surface area contributed by atoms with Crippen molar-refractivity contribution in [3.8, 4) is 5.75 Å². The van der Waals surface area contributed by atoms with Crippen LogP contribution in [-0.2, 0) is 23.2 Å². The Labute approximate surface area is 157 Å². The molecule has 0 bridgehead atoms. The van der Waals surface area contributed by atoms with Gasteiger partial charge in [-0.25, -0.2) is 4.79 Å². The highest BCUT2D eigenvalue weighted by molar-refractivity contribution is 5.37. The second-order valence-corrected chi connectivity index (χ2v) is 8.53. The molecule has 1 unspecified atom stereocenters. The van der Waals surface area contributed by atoms with E-state index in [4.69, 9.17) is 13.6 Å². The molecule has 1 atom stereocenters. The molecule has 2 aliphatic carbocycles. The van der Waals surface area contributed by atoms with Crippen LogP contribution in [0.3, 0.4) is 0 Å². The predicted octanol–water partition coefficient (Wildman–Crippen LogP) is 4.43. The summed E-state index contributed by atoms with van der Waals surface area (Å²) in [5.74, 6) is 2.05. The summed E-state index contributed by atoms with van der Waals surface area (Å²) in [5.41, 5.74) is -0.892. The fourth-order valence-corrected chi connectivity index (χ4v) is 4.43. The van der Waals surface area contributed by atoms with Crippen LogP contribution in [0.5, 0.6) is 5.75 Å². The van der Waals surface area contributed by atoms with Crippen LogP contribution in [0.15, 0.2) is 50.4 Å². The third-order valence-electron chi connectivity index (χ3n) is 6.23. The van der Waals surface area contributed by atoms with Crippen LogP contribution < -0.4 is 5.63 Å². The van der Waals surface area contributed by atoms with Crippen LogP contribution in [0.4, 0.5) is 0 Å². The quantitative estimate of drug-likeness (QED) is 0.782. The van der Waals surface area contributed by atoms with Gasteiger partial charge in [-0.1, -0.05) is 12.8 Å². The molecule has 1 aliphatic heterocycles. The maximum atomic E-state index is 12.8. The molecule has 5 heteroatoms. The molecule has 0 saturated heterocycles. The number of ether oxygens (including phenoxy) is 1. The molecule has 0 radical (unpaired) electrons. The van der Waals surface area contributed by atoms with Gasteiger partial charge in [0.1, 0.15) is 28.4 Å². The zero-order valence-electron chi connectivity index (χ0n) is 15.3. The van der Waals surface area contributed by atoms with Crippen LogP contribution in [0, 0.1) is 11.3 Å². The lowest BCUT2D eigenvalue weighted by atomic mass is 9.86. The predicted molar refractivity (Wildman–Crippen MR) is 98.3 cm³/mol. The van der Waals surface area contributed by atoms with E-state index in [9.17, 15) is 9.90 Å². The third-order valence-corrected chi connectivity index (χ3v) is 6.23. The molecule has 3 heterocycles. The van der Waals surface area contributed by atoms with Gasteiger partial charge < -0.3 is 18.7 Å². The first-order chi connectivity index (χ1) is 13.1. The van der Waals surface area contributed by atoms with Crippen LogP contribution >= 0.6 is 0 Å². The monoisotopic (exact) mass is 368 g/mol. The first kappa shape index (κ1) is 16.7. The average molecular weight is 368 g/mol. The van der Waals surface area contributed by atoms with Gasteiger partial charge in [-0.15, -0.1) is 0 Å². The second kappa shape index (κ2) is 6.04. The van der Waals surface area contributed by atoms with E-state index in [0.29, 0.717) is 24.5 Å². The van der Waals surface area contributed by atoms with Crippen molar-refractivity contribution >= 4 is 0 Å². The molecular weight excluding hydrogens is 344 g/mol. The second-order valence-electron chi connectivity index (χ2n) is 8.53. The van der Waals surface area contributed by atoms with Crippen molar-refractivity contribution in [3.05, 3.63) is 64.3 Å². The third kappa shape index (κ3) is 3.20. The number of rotatable bonds is 7. The van der Waals surface area contributed by atoms with Crippen LogP contribution in [-0.4, -0.2) is 5.11 Å². The van der Waals surface area contributed by atoms with E-state index in [2.05, 4.69) is 0 Å². The summed E-state index contributed by atoms with van der Waals surface area (Å²) in [6, 6.07) is 5.49. The van der Waals surface area contributed by atoms with E-state index in [1.165, 1.54) is 0 Å². The summed E-state index contributed by atoms with van der Waals surface area (Å²) < 4.78 is 17.0. The number of hydrogen-bond donors (Lipinski definition) is 1. The molecule has 2 fully saturated rings. The first-order valence-electron chi connectivity index (χ1n) is 9.79. The van der Waals surface area contributed by atoms with Gasteiger partial charge in [-0.2, -0.15) is 0 Å². The molecule has 1 N–H and O–H groups in total. The fourth-order valence-electron chi connectivity index (χ4n) is 4.43. The van der Waals surface area contributed by atoms with Gasteiger partial charge in [-0.3, -0.25) is 0 Å². The maximum Gasteiger partial charge on any atom is 0.346 e. The van der Waals surface area contributed by atoms with Crippen molar-refractivity contribution < 1.29 is 18.7 Å². The Balaban J connectivity index is 1.41. The minimum Gasteiger partial charge on any atom is -0.507 e. The van der Waals surface area contributed by atoms with Gasteiger partial charge in [0.25, 0.3) is 0 Å². The SMILES string of the molecule is O=c1oc(CC2(Cc3ccco3)CC2)cc(O)c1C1(CC2CC2)CC=CO1. The minimum absolute atomic E-state index is 0.000557. The van der Waals surface area contributed by atoms with E-state index in [1.807, 2.05) is 18.2 Å². The minimum atomic E-state index is -0.768. The lowest BCUT2D eigenvalue weighted by molar-refractivity contribution is 0.0210. The smallest absolute Gasteiger partial charge is 0.346 e. The molecular formula is C22H24O5. The van der Waals surface area contributed by atoms with Gasteiger partial charge in [0, 0.05) is 25.3 Å². The molecule has 142 valence electrons. The molecule has 0 amide bonds. The number of aromatic hydroxyl groups is 1. The molecule has 3 aliphatic rings. The zero-order valence-corrected chi connectivity index (χ0v) is 15.3. The van der Waals surface area contributed by atoms with Gasteiger partial charge in [0.15, 0.2) is 0 Å². The largest absolute Gasteiger partial charge is 0.507 e. The van der Waals surface area contributed by atoms with Gasteiger partial charge >= 0.3 is 5.63 Å². The maximum absolute atomic E-state index is 12.8. The lowest BCUT2D eigenvalue weighted by Gasteiger charge is -2.28. The molecule has 0 aromatic carbocycles. The highest BCUT2D eigenvalue weighted by Crippen LogP contribution is 2.52. The Kier molecular flexibility index (Phi) is 3.74. The van der Waals surface area contributed by atoms with Crippen molar-refractivity contribution in [2.45, 2.75) is 57.0 Å². The molecule has 2 aromatic heterocycles. The van der Waals surface area contributed by atoms with Crippen molar-refractivity contribution in [3.63, 3.8) is 0 Å². The van der Waals surface area contributed by atoms with Gasteiger partial charge in [-0.05, 0) is 48.8 Å². The lowest BCUT2D eigenvalue weighted by Crippen LogP contribution is -2.32. The molecule has 2 aromatic rings. The van der Waals surface area contributed by atoms with E-state index in [1.54, 1.807) is 18.6 Å². The van der Waals surface area contributed by atoms with E-state index >= 15 is 0 Å². The Morgan fingerprint density at radius 1 is 1.19 bits per heavy atom. The summed E-state index contributed by atoms with van der Waals surface area (Å²) in [6.45, 7) is 0. The Hall–Kier alpha value is -2.43. The summed E-state index contributed by atoms with van der Waals surface area (Å²) in [4.78, 5) is 12.8. The number of hydrogen-bond acceptors (Lipinski definition) is 5. The highest BCUT2D eigenvalue weighted by Gasteiger charge is 2.47. The summed E-state index contributed by atoms with van der Waals surface area (Å²) in [6.07, 6.45) is 12.5. The molecule has 2 saturated carbocycles. The summed E-state index contributed by atoms with van der Waals surface area (Å²) >= 11 is 0. The van der Waals surface area contributed by atoms with E-state index < -0.39 is 11.2 Å². The van der Waals surface area contributed by atoms with Crippen molar-refractivity contribution in [1.82, 2.24) is 0 Å². The van der Waals surface area contributed by atoms with Crippen LogP contribution in [0.2, 0.25) is 0 Å². The van der Waals surface area contributed by atoms with Gasteiger partial charge in [0.2, 0.25) is 0 Å². The molecule has 27 heavy (non-hydrogen) atoms. The van der Waals surface area contributed by atoms with Crippen molar-refractivity contribution in [2.24, 2.45) is 11.3 Å². The molecule has 0 spiro atoms. The Morgan fingerprint density at radius 2 is 2.00 bits per heavy atom. The van der Waals surface area contributed by atoms with E-state index in [0.717, 1.165) is 44.3 Å². The normalized spacial score (nSPS) is 25.5. The van der Waals surface area contributed by atoms with Crippen molar-refractivity contribution in [2.75, 3.05) is 0 Å². The summed E-state index contributed by atoms with van der Waals surface area (Å²) in [5, 5.41) is 10.7. The summed E-state index contributed by atoms with van der Waals surface area (Å²) in [7, 11) is 0. The highest BCUT2D eigenvalue weighted by atomic mass is 16.5. The molecule has 5 nitrogen and oxygen atoms in total. The topological polar surface area (TPSA) is 72.8 Å². The van der Waals surface area contributed by atoms with Crippen molar-refractivity contribution in [1.29, 1.82) is 0 Å².